The second-order valence-electron chi connectivity index (χ2n) is 4.18. The number of hydrogen-bond acceptors (Lipinski definition) is 1. The van der Waals surface area contributed by atoms with Gasteiger partial charge >= 0.3 is 0 Å². The molecule has 1 nitrogen and oxygen atoms in total. The molecule has 0 aliphatic carbocycles. The van der Waals surface area contributed by atoms with E-state index < -0.39 is 0 Å². The summed E-state index contributed by atoms with van der Waals surface area (Å²) in [6, 6.07) is 10.6. The minimum Gasteiger partial charge on any atom is -0.379 e. The molecule has 0 aromatic heterocycles. The molecule has 1 heteroatoms. The molecular weight excluding hydrogens is 172 g/mol. The summed E-state index contributed by atoms with van der Waals surface area (Å²) in [6.45, 7) is 7.24. The molecule has 0 radical (unpaired) electrons. The molecule has 0 N–H and O–H groups in total. The van der Waals surface area contributed by atoms with Crippen molar-refractivity contribution >= 4 is 0 Å². The lowest BCUT2D eigenvalue weighted by atomic mass is 10.0. The summed E-state index contributed by atoms with van der Waals surface area (Å²) in [5, 5.41) is 0. The van der Waals surface area contributed by atoms with E-state index in [0.29, 0.717) is 12.0 Å². The third kappa shape index (κ3) is 4.43. The number of rotatable bonds is 5. The Morgan fingerprint density at radius 1 is 1.07 bits per heavy atom. The zero-order valence-corrected chi connectivity index (χ0v) is 9.36. The summed E-state index contributed by atoms with van der Waals surface area (Å²) in [5.41, 5.74) is 1.40. The molecule has 0 saturated heterocycles. The van der Waals surface area contributed by atoms with Crippen LogP contribution in [0.1, 0.15) is 26.3 Å². The highest BCUT2D eigenvalue weighted by molar-refractivity contribution is 5.14. The Hall–Kier alpha value is -0.820. The average molecular weight is 192 g/mol. The highest BCUT2D eigenvalue weighted by atomic mass is 16.5. The maximum absolute atomic E-state index is 5.58. The van der Waals surface area contributed by atoms with Crippen LogP contribution in [0, 0.1) is 5.92 Å². The lowest BCUT2D eigenvalue weighted by Crippen LogP contribution is -2.13. The van der Waals surface area contributed by atoms with Crippen molar-refractivity contribution < 1.29 is 4.74 Å². The molecule has 1 unspecified atom stereocenters. The molecule has 78 valence electrons. The summed E-state index contributed by atoms with van der Waals surface area (Å²) < 4.78 is 5.58. The van der Waals surface area contributed by atoms with Gasteiger partial charge in [0.05, 0.1) is 6.10 Å². The van der Waals surface area contributed by atoms with Crippen LogP contribution in [0.5, 0.6) is 0 Å². The van der Waals surface area contributed by atoms with Gasteiger partial charge in [0.25, 0.3) is 0 Å². The van der Waals surface area contributed by atoms with Crippen molar-refractivity contribution in [3.63, 3.8) is 0 Å². The third-order valence-corrected chi connectivity index (χ3v) is 2.14. The van der Waals surface area contributed by atoms with Crippen LogP contribution in [0.4, 0.5) is 0 Å². The van der Waals surface area contributed by atoms with E-state index in [-0.39, 0.29) is 0 Å². The first-order chi connectivity index (χ1) is 6.68. The average Bonchev–Trinajstić information content (AvgIpc) is 2.16. The molecule has 14 heavy (non-hydrogen) atoms. The van der Waals surface area contributed by atoms with Gasteiger partial charge in [0, 0.05) is 6.61 Å². The monoisotopic (exact) mass is 192 g/mol. The van der Waals surface area contributed by atoms with E-state index in [4.69, 9.17) is 4.74 Å². The van der Waals surface area contributed by atoms with Gasteiger partial charge in [-0.3, -0.25) is 0 Å². The summed E-state index contributed by atoms with van der Waals surface area (Å²) >= 11 is 0. The number of ether oxygens (including phenoxy) is 1. The summed E-state index contributed by atoms with van der Waals surface area (Å²) in [6.07, 6.45) is 1.45. The molecule has 1 aromatic carbocycles. The molecule has 0 saturated carbocycles. The SMILES string of the molecule is CC(COC(C)C)Cc1ccccc1. The predicted octanol–water partition coefficient (Wildman–Crippen LogP) is 3.29. The van der Waals surface area contributed by atoms with Crippen molar-refractivity contribution in [3.8, 4) is 0 Å². The van der Waals surface area contributed by atoms with Crippen molar-refractivity contribution in [1.29, 1.82) is 0 Å². The van der Waals surface area contributed by atoms with E-state index in [1.54, 1.807) is 0 Å². The molecule has 0 bridgehead atoms. The zero-order valence-electron chi connectivity index (χ0n) is 9.36. The Labute approximate surface area is 87.1 Å². The van der Waals surface area contributed by atoms with Crippen LogP contribution in [-0.2, 0) is 11.2 Å². The fraction of sp³-hybridized carbons (Fsp3) is 0.538. The molecular formula is C13H20O. The fourth-order valence-electron chi connectivity index (χ4n) is 1.43. The minimum atomic E-state index is 0.341. The standard InChI is InChI=1S/C13H20O/c1-11(2)14-10-12(3)9-13-7-5-4-6-8-13/h4-8,11-12H,9-10H2,1-3H3. The quantitative estimate of drug-likeness (QED) is 0.695. The Kier molecular flexibility index (Phi) is 4.68. The van der Waals surface area contributed by atoms with E-state index >= 15 is 0 Å². The van der Waals surface area contributed by atoms with Crippen LogP contribution in [0.15, 0.2) is 30.3 Å². The molecule has 1 aromatic rings. The van der Waals surface area contributed by atoms with Gasteiger partial charge in [0.2, 0.25) is 0 Å². The Balaban J connectivity index is 2.30. The lowest BCUT2D eigenvalue weighted by Gasteiger charge is -2.14. The summed E-state index contributed by atoms with van der Waals surface area (Å²) in [5.74, 6) is 0.597. The van der Waals surface area contributed by atoms with Gasteiger partial charge in [-0.15, -0.1) is 0 Å². The normalized spacial score (nSPS) is 13.1. The van der Waals surface area contributed by atoms with E-state index in [1.807, 2.05) is 0 Å². The van der Waals surface area contributed by atoms with Gasteiger partial charge in [-0.2, -0.15) is 0 Å². The van der Waals surface area contributed by atoms with Crippen LogP contribution < -0.4 is 0 Å². The van der Waals surface area contributed by atoms with Crippen LogP contribution in [-0.4, -0.2) is 12.7 Å². The van der Waals surface area contributed by atoms with Crippen molar-refractivity contribution in [2.45, 2.75) is 33.3 Å². The largest absolute Gasteiger partial charge is 0.379 e. The smallest absolute Gasteiger partial charge is 0.0519 e. The van der Waals surface area contributed by atoms with Crippen molar-refractivity contribution in [2.75, 3.05) is 6.61 Å². The number of hydrogen-bond donors (Lipinski definition) is 0. The first-order valence-electron chi connectivity index (χ1n) is 5.34. The van der Waals surface area contributed by atoms with Gasteiger partial charge in [0.15, 0.2) is 0 Å². The molecule has 0 aliphatic heterocycles. The van der Waals surface area contributed by atoms with Gasteiger partial charge in [0.1, 0.15) is 0 Å². The summed E-state index contributed by atoms with van der Waals surface area (Å²) in [7, 11) is 0. The Bertz CT molecular complexity index is 241. The molecule has 0 fully saturated rings. The van der Waals surface area contributed by atoms with Crippen LogP contribution in [0.2, 0.25) is 0 Å². The molecule has 0 aliphatic rings. The first kappa shape index (κ1) is 11.3. The fourth-order valence-corrected chi connectivity index (χ4v) is 1.43. The molecule has 1 rings (SSSR count). The van der Waals surface area contributed by atoms with Crippen LogP contribution in [0.3, 0.4) is 0 Å². The molecule has 0 spiro atoms. The lowest BCUT2D eigenvalue weighted by molar-refractivity contribution is 0.0553. The molecule has 0 heterocycles. The van der Waals surface area contributed by atoms with Crippen molar-refractivity contribution in [3.05, 3.63) is 35.9 Å². The highest BCUT2D eigenvalue weighted by Crippen LogP contribution is 2.09. The topological polar surface area (TPSA) is 9.23 Å². The van der Waals surface area contributed by atoms with E-state index in [0.717, 1.165) is 13.0 Å². The van der Waals surface area contributed by atoms with Gasteiger partial charge in [-0.05, 0) is 31.7 Å². The zero-order chi connectivity index (χ0) is 10.4. The minimum absolute atomic E-state index is 0.341. The molecule has 1 atom stereocenters. The summed E-state index contributed by atoms with van der Waals surface area (Å²) in [4.78, 5) is 0. The predicted molar refractivity (Wildman–Crippen MR) is 60.4 cm³/mol. The van der Waals surface area contributed by atoms with Gasteiger partial charge < -0.3 is 4.74 Å². The van der Waals surface area contributed by atoms with Gasteiger partial charge in [-0.1, -0.05) is 37.3 Å². The third-order valence-electron chi connectivity index (χ3n) is 2.14. The van der Waals surface area contributed by atoms with Crippen LogP contribution in [0.25, 0.3) is 0 Å². The second kappa shape index (κ2) is 5.82. The Morgan fingerprint density at radius 2 is 1.71 bits per heavy atom. The van der Waals surface area contributed by atoms with E-state index in [2.05, 4.69) is 51.1 Å². The van der Waals surface area contributed by atoms with Crippen molar-refractivity contribution in [1.82, 2.24) is 0 Å². The van der Waals surface area contributed by atoms with Crippen molar-refractivity contribution in [2.24, 2.45) is 5.92 Å². The maximum atomic E-state index is 5.58. The van der Waals surface area contributed by atoms with Crippen LogP contribution >= 0.6 is 0 Å². The van der Waals surface area contributed by atoms with Gasteiger partial charge in [-0.25, -0.2) is 0 Å². The van der Waals surface area contributed by atoms with E-state index in [9.17, 15) is 0 Å². The highest BCUT2D eigenvalue weighted by Gasteiger charge is 2.04. The maximum Gasteiger partial charge on any atom is 0.0519 e. The first-order valence-corrected chi connectivity index (χ1v) is 5.34. The Morgan fingerprint density at radius 3 is 2.29 bits per heavy atom. The molecule has 0 amide bonds. The second-order valence-corrected chi connectivity index (χ2v) is 4.18. The van der Waals surface area contributed by atoms with E-state index in [1.165, 1.54) is 5.56 Å². The number of benzene rings is 1.